The van der Waals surface area contributed by atoms with Crippen LogP contribution in [0.1, 0.15) is 13.8 Å². The van der Waals surface area contributed by atoms with Gasteiger partial charge in [-0.05, 0) is 18.7 Å². The molecule has 0 amide bonds. The van der Waals surface area contributed by atoms with Gasteiger partial charge in [-0.1, -0.05) is 6.92 Å². The van der Waals surface area contributed by atoms with Crippen LogP contribution < -0.4 is 5.32 Å². The molecule has 0 bridgehead atoms. The number of rotatable bonds is 7. The maximum atomic E-state index is 4.17. The molecule has 80 valence electrons. The number of thioether (sulfide) groups is 1. The molecule has 0 aliphatic rings. The molecule has 1 aromatic rings. The van der Waals surface area contributed by atoms with Crippen LogP contribution in [0.25, 0.3) is 0 Å². The third kappa shape index (κ3) is 4.67. The molecule has 1 N–H and O–H groups in total. The van der Waals surface area contributed by atoms with E-state index in [1.165, 1.54) is 11.5 Å². The van der Waals surface area contributed by atoms with Crippen molar-refractivity contribution in [3.63, 3.8) is 0 Å². The number of hydrogen-bond acceptors (Lipinski definition) is 3. The third-order valence-electron chi connectivity index (χ3n) is 1.96. The van der Waals surface area contributed by atoms with E-state index in [4.69, 9.17) is 0 Å². The molecule has 4 heteroatoms. The van der Waals surface area contributed by atoms with Crippen LogP contribution >= 0.6 is 11.8 Å². The van der Waals surface area contributed by atoms with Crippen molar-refractivity contribution in [1.29, 1.82) is 0 Å². The Morgan fingerprint density at radius 1 is 1.57 bits per heavy atom. The molecule has 0 saturated carbocycles. The Morgan fingerprint density at radius 2 is 2.43 bits per heavy atom. The SMILES string of the molecule is CCSCCNC(C)Cn1cccn1. The first kappa shape index (κ1) is 11.6. The van der Waals surface area contributed by atoms with Gasteiger partial charge in [0, 0.05) is 30.7 Å². The predicted octanol–water partition coefficient (Wildman–Crippen LogP) is 1.61. The van der Waals surface area contributed by atoms with E-state index in [1.54, 1.807) is 0 Å². The van der Waals surface area contributed by atoms with E-state index in [0.29, 0.717) is 6.04 Å². The topological polar surface area (TPSA) is 29.9 Å². The van der Waals surface area contributed by atoms with Gasteiger partial charge in [-0.3, -0.25) is 4.68 Å². The van der Waals surface area contributed by atoms with Crippen LogP contribution in [0.15, 0.2) is 18.5 Å². The second kappa shape index (κ2) is 6.90. The Kier molecular flexibility index (Phi) is 5.71. The lowest BCUT2D eigenvalue weighted by molar-refractivity contribution is 0.463. The highest BCUT2D eigenvalue weighted by atomic mass is 32.2. The van der Waals surface area contributed by atoms with Crippen molar-refractivity contribution in [1.82, 2.24) is 15.1 Å². The van der Waals surface area contributed by atoms with Crippen LogP contribution in [0, 0.1) is 0 Å². The van der Waals surface area contributed by atoms with Crippen molar-refractivity contribution in [2.24, 2.45) is 0 Å². The summed E-state index contributed by atoms with van der Waals surface area (Å²) in [6, 6.07) is 2.45. The second-order valence-corrected chi connectivity index (χ2v) is 4.67. The van der Waals surface area contributed by atoms with Crippen LogP contribution in [0.4, 0.5) is 0 Å². The number of aromatic nitrogens is 2. The van der Waals surface area contributed by atoms with Gasteiger partial charge in [0.05, 0.1) is 6.54 Å². The van der Waals surface area contributed by atoms with Crippen molar-refractivity contribution in [2.75, 3.05) is 18.1 Å². The van der Waals surface area contributed by atoms with Gasteiger partial charge in [-0.2, -0.15) is 16.9 Å². The zero-order valence-corrected chi connectivity index (χ0v) is 9.76. The van der Waals surface area contributed by atoms with Gasteiger partial charge in [-0.25, -0.2) is 0 Å². The second-order valence-electron chi connectivity index (χ2n) is 3.28. The Labute approximate surface area is 90.3 Å². The van der Waals surface area contributed by atoms with Crippen molar-refractivity contribution in [3.05, 3.63) is 18.5 Å². The first-order valence-corrected chi connectivity index (χ1v) is 6.27. The minimum absolute atomic E-state index is 0.493. The van der Waals surface area contributed by atoms with Gasteiger partial charge in [0.2, 0.25) is 0 Å². The van der Waals surface area contributed by atoms with Crippen LogP contribution in [0.2, 0.25) is 0 Å². The maximum Gasteiger partial charge on any atom is 0.0559 e. The zero-order chi connectivity index (χ0) is 10.2. The van der Waals surface area contributed by atoms with Crippen molar-refractivity contribution >= 4 is 11.8 Å². The molecule has 0 saturated heterocycles. The summed E-state index contributed by atoms with van der Waals surface area (Å²) in [6.07, 6.45) is 3.82. The Hall–Kier alpha value is -0.480. The fourth-order valence-corrected chi connectivity index (χ4v) is 1.83. The Bertz CT molecular complexity index is 223. The quantitative estimate of drug-likeness (QED) is 0.698. The lowest BCUT2D eigenvalue weighted by atomic mass is 10.3. The normalized spacial score (nSPS) is 13.0. The monoisotopic (exact) mass is 213 g/mol. The fraction of sp³-hybridized carbons (Fsp3) is 0.700. The molecule has 1 unspecified atom stereocenters. The van der Waals surface area contributed by atoms with E-state index in [2.05, 4.69) is 24.3 Å². The predicted molar refractivity (Wildman–Crippen MR) is 62.7 cm³/mol. The number of nitrogens with one attached hydrogen (secondary N) is 1. The summed E-state index contributed by atoms with van der Waals surface area (Å²) in [5.41, 5.74) is 0. The molecule has 0 fully saturated rings. The Balaban J connectivity index is 2.07. The van der Waals surface area contributed by atoms with Crippen molar-refractivity contribution < 1.29 is 0 Å². The maximum absolute atomic E-state index is 4.17. The van der Waals surface area contributed by atoms with E-state index < -0.39 is 0 Å². The molecule has 14 heavy (non-hydrogen) atoms. The minimum atomic E-state index is 0.493. The van der Waals surface area contributed by atoms with Crippen molar-refractivity contribution in [3.8, 4) is 0 Å². The first-order valence-electron chi connectivity index (χ1n) is 5.11. The van der Waals surface area contributed by atoms with Gasteiger partial charge in [0.15, 0.2) is 0 Å². The van der Waals surface area contributed by atoms with Crippen LogP contribution in [-0.2, 0) is 6.54 Å². The standard InChI is InChI=1S/C10H19N3S/c1-3-14-8-6-11-10(2)9-13-7-4-5-12-13/h4-5,7,10-11H,3,6,8-9H2,1-2H3. The van der Waals surface area contributed by atoms with Gasteiger partial charge < -0.3 is 5.32 Å². The molecule has 0 spiro atoms. The molecule has 1 heterocycles. The van der Waals surface area contributed by atoms with Crippen LogP contribution in [0.5, 0.6) is 0 Å². The summed E-state index contributed by atoms with van der Waals surface area (Å²) in [6.45, 7) is 6.42. The van der Waals surface area contributed by atoms with Crippen LogP contribution in [0.3, 0.4) is 0 Å². The highest BCUT2D eigenvalue weighted by molar-refractivity contribution is 7.99. The molecule has 3 nitrogen and oxygen atoms in total. The average molecular weight is 213 g/mol. The van der Waals surface area contributed by atoms with Gasteiger partial charge in [0.1, 0.15) is 0 Å². The van der Waals surface area contributed by atoms with Gasteiger partial charge >= 0.3 is 0 Å². The van der Waals surface area contributed by atoms with Crippen LogP contribution in [-0.4, -0.2) is 33.9 Å². The molecule has 0 aliphatic carbocycles. The molecule has 1 aromatic heterocycles. The summed E-state index contributed by atoms with van der Waals surface area (Å²) < 4.78 is 1.96. The summed E-state index contributed by atoms with van der Waals surface area (Å²) in [5.74, 6) is 2.40. The summed E-state index contributed by atoms with van der Waals surface area (Å²) in [7, 11) is 0. The fourth-order valence-electron chi connectivity index (χ4n) is 1.28. The smallest absolute Gasteiger partial charge is 0.0559 e. The molecular formula is C10H19N3S. The number of hydrogen-bond donors (Lipinski definition) is 1. The van der Waals surface area contributed by atoms with Crippen molar-refractivity contribution in [2.45, 2.75) is 26.4 Å². The molecule has 1 rings (SSSR count). The summed E-state index contributed by atoms with van der Waals surface area (Å²) in [5, 5.41) is 7.65. The lowest BCUT2D eigenvalue weighted by Crippen LogP contribution is -2.32. The third-order valence-corrected chi connectivity index (χ3v) is 2.86. The highest BCUT2D eigenvalue weighted by Gasteiger charge is 2.01. The van der Waals surface area contributed by atoms with E-state index in [9.17, 15) is 0 Å². The molecule has 0 aromatic carbocycles. The zero-order valence-electron chi connectivity index (χ0n) is 8.94. The number of nitrogens with zero attached hydrogens (tertiary/aromatic N) is 2. The molecule has 1 atom stereocenters. The largest absolute Gasteiger partial charge is 0.312 e. The molecule has 0 radical (unpaired) electrons. The first-order chi connectivity index (χ1) is 6.83. The summed E-state index contributed by atoms with van der Waals surface area (Å²) in [4.78, 5) is 0. The average Bonchev–Trinajstić information content (AvgIpc) is 2.65. The molecular weight excluding hydrogens is 194 g/mol. The molecule has 0 aliphatic heterocycles. The summed E-state index contributed by atoms with van der Waals surface area (Å²) >= 11 is 1.97. The van der Waals surface area contributed by atoms with Gasteiger partial charge in [-0.15, -0.1) is 0 Å². The van der Waals surface area contributed by atoms with E-state index in [-0.39, 0.29) is 0 Å². The lowest BCUT2D eigenvalue weighted by Gasteiger charge is -2.13. The Morgan fingerprint density at radius 3 is 3.07 bits per heavy atom. The minimum Gasteiger partial charge on any atom is -0.312 e. The van der Waals surface area contributed by atoms with E-state index in [1.807, 2.05) is 34.9 Å². The van der Waals surface area contributed by atoms with E-state index in [0.717, 1.165) is 13.1 Å². The highest BCUT2D eigenvalue weighted by Crippen LogP contribution is 1.96. The van der Waals surface area contributed by atoms with E-state index >= 15 is 0 Å². The van der Waals surface area contributed by atoms with Gasteiger partial charge in [0.25, 0.3) is 0 Å².